The molecule has 5 heteroatoms. The van der Waals surface area contributed by atoms with E-state index in [1.807, 2.05) is 42.3 Å². The molecule has 0 aliphatic carbocycles. The Labute approximate surface area is 124 Å². The van der Waals surface area contributed by atoms with Crippen molar-refractivity contribution in [2.45, 2.75) is 6.92 Å². The fraction of sp³-hybridized carbons (Fsp3) is 0.333. The Morgan fingerprint density at radius 1 is 1.20 bits per heavy atom. The summed E-state index contributed by atoms with van der Waals surface area (Å²) in [6.45, 7) is 5.36. The molecule has 104 valence electrons. The van der Waals surface area contributed by atoms with Crippen LogP contribution >= 0.6 is 12.2 Å². The molecule has 1 aromatic rings. The van der Waals surface area contributed by atoms with E-state index in [9.17, 15) is 0 Å². The van der Waals surface area contributed by atoms with Crippen LogP contribution in [0, 0.1) is 0 Å². The fourth-order valence-corrected chi connectivity index (χ4v) is 2.65. The number of hydrazone groups is 1. The molecule has 0 unspecified atom stereocenters. The smallest absolute Gasteiger partial charge is 0.138 e. The van der Waals surface area contributed by atoms with Crippen LogP contribution in [0.3, 0.4) is 0 Å². The molecule has 1 fully saturated rings. The highest BCUT2D eigenvalue weighted by atomic mass is 32.1. The van der Waals surface area contributed by atoms with Crippen molar-refractivity contribution in [3.63, 3.8) is 0 Å². The molecule has 2 aliphatic rings. The number of hydrogen-bond acceptors (Lipinski definition) is 4. The lowest BCUT2D eigenvalue weighted by atomic mass is 10.2. The van der Waals surface area contributed by atoms with Crippen LogP contribution in [-0.2, 0) is 4.74 Å². The summed E-state index contributed by atoms with van der Waals surface area (Å²) in [7, 11) is 0. The van der Waals surface area contributed by atoms with E-state index in [1.54, 1.807) is 0 Å². The first-order valence-electron chi connectivity index (χ1n) is 6.74. The predicted octanol–water partition coefficient (Wildman–Crippen LogP) is 2.43. The van der Waals surface area contributed by atoms with E-state index in [0.717, 1.165) is 48.3 Å². The normalized spacial score (nSPS) is 21.6. The van der Waals surface area contributed by atoms with Gasteiger partial charge in [-0.2, -0.15) is 5.10 Å². The molecule has 0 N–H and O–H groups in total. The van der Waals surface area contributed by atoms with Gasteiger partial charge in [0.15, 0.2) is 0 Å². The summed E-state index contributed by atoms with van der Waals surface area (Å²) in [4.78, 5) is 3.01. The third kappa shape index (κ3) is 2.59. The lowest BCUT2D eigenvalue weighted by molar-refractivity contribution is 0.0593. The highest BCUT2D eigenvalue weighted by Gasteiger charge is 2.25. The average molecular weight is 287 g/mol. The molecular weight excluding hydrogens is 270 g/mol. The van der Waals surface area contributed by atoms with Crippen LogP contribution in [0.4, 0.5) is 5.69 Å². The van der Waals surface area contributed by atoms with Gasteiger partial charge in [0.2, 0.25) is 0 Å². The van der Waals surface area contributed by atoms with Gasteiger partial charge in [-0.25, -0.2) is 5.01 Å². The SMILES string of the molecule is CC1=NN(c2ccccc2)C(=S)/C1=C/N1CCOCC1. The first kappa shape index (κ1) is 13.3. The van der Waals surface area contributed by atoms with Crippen LogP contribution in [0.15, 0.2) is 47.2 Å². The summed E-state index contributed by atoms with van der Waals surface area (Å²) in [5.41, 5.74) is 3.00. The Morgan fingerprint density at radius 2 is 1.90 bits per heavy atom. The second kappa shape index (κ2) is 5.73. The number of hydrogen-bond donors (Lipinski definition) is 0. The summed E-state index contributed by atoms with van der Waals surface area (Å²) >= 11 is 5.57. The molecule has 2 aliphatic heterocycles. The zero-order chi connectivity index (χ0) is 13.9. The highest BCUT2D eigenvalue weighted by molar-refractivity contribution is 7.81. The molecule has 3 rings (SSSR count). The van der Waals surface area contributed by atoms with Gasteiger partial charge in [-0.15, -0.1) is 0 Å². The minimum Gasteiger partial charge on any atom is -0.378 e. The number of ether oxygens (including phenoxy) is 1. The van der Waals surface area contributed by atoms with E-state index in [1.165, 1.54) is 0 Å². The molecule has 0 atom stereocenters. The van der Waals surface area contributed by atoms with E-state index in [-0.39, 0.29) is 0 Å². The second-order valence-corrected chi connectivity index (χ2v) is 5.22. The zero-order valence-corrected chi connectivity index (χ0v) is 12.3. The number of nitrogens with zero attached hydrogens (tertiary/aromatic N) is 3. The minimum absolute atomic E-state index is 0.764. The zero-order valence-electron chi connectivity index (χ0n) is 11.5. The molecule has 0 amide bonds. The van der Waals surface area contributed by atoms with Crippen molar-refractivity contribution in [3.8, 4) is 0 Å². The number of anilines is 1. The monoisotopic (exact) mass is 287 g/mol. The van der Waals surface area contributed by atoms with E-state index in [0.29, 0.717) is 0 Å². The molecule has 0 bridgehead atoms. The Morgan fingerprint density at radius 3 is 2.60 bits per heavy atom. The largest absolute Gasteiger partial charge is 0.378 e. The van der Waals surface area contributed by atoms with E-state index < -0.39 is 0 Å². The minimum atomic E-state index is 0.764. The van der Waals surface area contributed by atoms with Crippen molar-refractivity contribution in [3.05, 3.63) is 42.1 Å². The number of thiocarbonyl (C=S) groups is 1. The molecule has 20 heavy (non-hydrogen) atoms. The number of benzene rings is 1. The van der Waals surface area contributed by atoms with Crippen molar-refractivity contribution in [2.24, 2.45) is 5.10 Å². The van der Waals surface area contributed by atoms with Gasteiger partial charge in [0.25, 0.3) is 0 Å². The van der Waals surface area contributed by atoms with Crippen LogP contribution in [-0.4, -0.2) is 41.9 Å². The molecular formula is C15H17N3OS. The lowest BCUT2D eigenvalue weighted by Crippen LogP contribution is -2.33. The van der Waals surface area contributed by atoms with Gasteiger partial charge in [-0.3, -0.25) is 0 Å². The van der Waals surface area contributed by atoms with Crippen molar-refractivity contribution in [1.29, 1.82) is 0 Å². The summed E-state index contributed by atoms with van der Waals surface area (Å²) < 4.78 is 5.36. The van der Waals surface area contributed by atoms with Crippen molar-refractivity contribution in [2.75, 3.05) is 31.3 Å². The van der Waals surface area contributed by atoms with Gasteiger partial charge in [-0.05, 0) is 19.1 Å². The van der Waals surface area contributed by atoms with E-state index in [2.05, 4.69) is 16.2 Å². The molecule has 2 heterocycles. The Hall–Kier alpha value is -1.72. The summed E-state index contributed by atoms with van der Waals surface area (Å²) in [5.74, 6) is 0. The summed E-state index contributed by atoms with van der Waals surface area (Å²) in [6.07, 6.45) is 2.12. The van der Waals surface area contributed by atoms with Crippen molar-refractivity contribution < 1.29 is 4.74 Å². The Bertz CT molecular complexity index is 562. The van der Waals surface area contributed by atoms with Gasteiger partial charge in [0, 0.05) is 19.3 Å². The maximum absolute atomic E-state index is 5.57. The van der Waals surface area contributed by atoms with Crippen LogP contribution in [0.5, 0.6) is 0 Å². The van der Waals surface area contributed by atoms with Crippen molar-refractivity contribution >= 4 is 28.6 Å². The molecule has 1 saturated heterocycles. The van der Waals surface area contributed by atoms with E-state index in [4.69, 9.17) is 17.0 Å². The predicted molar refractivity (Wildman–Crippen MR) is 85.1 cm³/mol. The molecule has 0 radical (unpaired) electrons. The molecule has 4 nitrogen and oxygen atoms in total. The highest BCUT2D eigenvalue weighted by Crippen LogP contribution is 2.24. The maximum Gasteiger partial charge on any atom is 0.138 e. The van der Waals surface area contributed by atoms with Crippen LogP contribution in [0.1, 0.15) is 6.92 Å². The van der Waals surface area contributed by atoms with Crippen LogP contribution in [0.25, 0.3) is 0 Å². The first-order valence-corrected chi connectivity index (χ1v) is 7.15. The first-order chi connectivity index (χ1) is 9.75. The summed E-state index contributed by atoms with van der Waals surface area (Å²) in [5, 5.41) is 6.40. The molecule has 0 saturated carbocycles. The lowest BCUT2D eigenvalue weighted by Gasteiger charge is -2.26. The van der Waals surface area contributed by atoms with Gasteiger partial charge >= 0.3 is 0 Å². The van der Waals surface area contributed by atoms with Crippen LogP contribution < -0.4 is 5.01 Å². The quantitative estimate of drug-likeness (QED) is 0.617. The maximum atomic E-state index is 5.57. The number of rotatable bonds is 2. The fourth-order valence-electron chi connectivity index (χ4n) is 2.30. The average Bonchev–Trinajstić information content (AvgIpc) is 2.77. The van der Waals surface area contributed by atoms with Crippen molar-refractivity contribution in [1.82, 2.24) is 4.90 Å². The number of morpholine rings is 1. The van der Waals surface area contributed by atoms with Gasteiger partial charge in [-0.1, -0.05) is 30.4 Å². The Balaban J connectivity index is 1.83. The standard InChI is InChI=1S/C15H17N3OS/c1-12-14(11-17-7-9-19-10-8-17)15(20)18(16-12)13-5-3-2-4-6-13/h2-6,11H,7-10H2,1H3/b14-11+. The Kier molecular flexibility index (Phi) is 3.80. The van der Waals surface area contributed by atoms with Gasteiger partial charge in [0.1, 0.15) is 4.99 Å². The molecule has 0 spiro atoms. The molecule has 0 aromatic heterocycles. The number of para-hydroxylation sites is 1. The topological polar surface area (TPSA) is 28.1 Å². The second-order valence-electron chi connectivity index (χ2n) is 4.83. The molecule has 1 aromatic carbocycles. The summed E-state index contributed by atoms with van der Waals surface area (Å²) in [6, 6.07) is 10.0. The van der Waals surface area contributed by atoms with Gasteiger partial charge in [0.05, 0.1) is 30.2 Å². The van der Waals surface area contributed by atoms with Gasteiger partial charge < -0.3 is 9.64 Å². The third-order valence-electron chi connectivity index (χ3n) is 3.42. The van der Waals surface area contributed by atoms with Crippen LogP contribution in [0.2, 0.25) is 0 Å². The third-order valence-corrected chi connectivity index (χ3v) is 3.81. The van der Waals surface area contributed by atoms with E-state index >= 15 is 0 Å².